The Kier molecular flexibility index (Phi) is 6.38. The summed E-state index contributed by atoms with van der Waals surface area (Å²) in [7, 11) is 1.62. The Morgan fingerprint density at radius 1 is 1.20 bits per heavy atom. The van der Waals surface area contributed by atoms with Crippen LogP contribution < -0.4 is 10.6 Å². The predicted octanol–water partition coefficient (Wildman–Crippen LogP) is 3.32. The molecule has 0 aliphatic carbocycles. The fourth-order valence-corrected chi connectivity index (χ4v) is 2.36. The molecule has 2 rings (SSSR count). The van der Waals surface area contributed by atoms with Crippen molar-refractivity contribution < 1.29 is 13.2 Å². The molecule has 0 amide bonds. The van der Waals surface area contributed by atoms with Crippen LogP contribution in [0.3, 0.4) is 0 Å². The molecule has 0 aliphatic heterocycles. The Morgan fingerprint density at radius 3 is 2.68 bits per heavy atom. The molecule has 0 aliphatic rings. The van der Waals surface area contributed by atoms with E-state index in [4.69, 9.17) is 0 Å². The molecular weight excluding hydrogens is 329 g/mol. The van der Waals surface area contributed by atoms with E-state index < -0.39 is 11.7 Å². The van der Waals surface area contributed by atoms with Crippen molar-refractivity contribution in [1.82, 2.24) is 15.6 Å². The Morgan fingerprint density at radius 2 is 2.00 bits per heavy atom. The first-order chi connectivity index (χ1) is 11.9. The third-order valence-corrected chi connectivity index (χ3v) is 3.76. The van der Waals surface area contributed by atoms with Crippen LogP contribution >= 0.6 is 0 Å². The maximum Gasteiger partial charge on any atom is 0.416 e. The van der Waals surface area contributed by atoms with E-state index in [1.165, 1.54) is 11.6 Å². The third kappa shape index (κ3) is 5.77. The number of aryl methyl sites for hydroxylation is 1. The number of rotatable bonds is 5. The van der Waals surface area contributed by atoms with E-state index in [1.807, 2.05) is 19.2 Å². The molecule has 1 aromatic heterocycles. The average molecular weight is 350 g/mol. The first-order valence-corrected chi connectivity index (χ1v) is 7.90. The lowest BCUT2D eigenvalue weighted by Crippen LogP contribution is -2.37. The lowest BCUT2D eigenvalue weighted by molar-refractivity contribution is -0.137. The lowest BCUT2D eigenvalue weighted by atomic mass is 10.1. The monoisotopic (exact) mass is 350 g/mol. The molecule has 0 saturated heterocycles. The van der Waals surface area contributed by atoms with Crippen LogP contribution in [0.4, 0.5) is 13.2 Å². The highest BCUT2D eigenvalue weighted by molar-refractivity contribution is 5.79. The molecule has 0 radical (unpaired) electrons. The van der Waals surface area contributed by atoms with Crippen molar-refractivity contribution in [1.29, 1.82) is 0 Å². The summed E-state index contributed by atoms with van der Waals surface area (Å²) in [5.41, 5.74) is 2.21. The summed E-state index contributed by atoms with van der Waals surface area (Å²) in [4.78, 5) is 8.14. The van der Waals surface area contributed by atoms with Crippen molar-refractivity contribution in [3.05, 3.63) is 65.0 Å². The van der Waals surface area contributed by atoms with Crippen LogP contribution in [0, 0.1) is 6.92 Å². The van der Waals surface area contributed by atoms with E-state index in [2.05, 4.69) is 20.6 Å². The van der Waals surface area contributed by atoms with Gasteiger partial charge in [-0.1, -0.05) is 12.1 Å². The lowest BCUT2D eigenvalue weighted by Gasteiger charge is -2.13. The molecule has 7 heteroatoms. The standard InChI is InChI=1S/C18H21F3N4/c1-13-11-23-8-6-15(13)7-9-24-17(22-2)25-12-14-4-3-5-16(10-14)18(19,20)21/h3-6,8,10-11H,7,9,12H2,1-2H3,(H2,22,24,25). The van der Waals surface area contributed by atoms with Gasteiger partial charge in [0.25, 0.3) is 0 Å². The van der Waals surface area contributed by atoms with E-state index in [0.717, 1.165) is 24.1 Å². The molecule has 25 heavy (non-hydrogen) atoms. The highest BCUT2D eigenvalue weighted by Crippen LogP contribution is 2.29. The van der Waals surface area contributed by atoms with Crippen LogP contribution in [0.1, 0.15) is 22.3 Å². The van der Waals surface area contributed by atoms with Gasteiger partial charge in [-0.15, -0.1) is 0 Å². The normalized spacial score (nSPS) is 12.1. The average Bonchev–Trinajstić information content (AvgIpc) is 2.59. The van der Waals surface area contributed by atoms with Gasteiger partial charge >= 0.3 is 6.18 Å². The van der Waals surface area contributed by atoms with E-state index >= 15 is 0 Å². The Bertz CT molecular complexity index is 726. The molecule has 2 N–H and O–H groups in total. The minimum absolute atomic E-state index is 0.262. The number of hydrogen-bond donors (Lipinski definition) is 2. The van der Waals surface area contributed by atoms with Crippen LogP contribution in [-0.4, -0.2) is 24.5 Å². The minimum Gasteiger partial charge on any atom is -0.356 e. The third-order valence-electron chi connectivity index (χ3n) is 3.76. The molecule has 4 nitrogen and oxygen atoms in total. The predicted molar refractivity (Wildman–Crippen MR) is 92.3 cm³/mol. The number of alkyl halides is 3. The van der Waals surface area contributed by atoms with Gasteiger partial charge in [0, 0.05) is 32.5 Å². The number of guanidine groups is 1. The largest absolute Gasteiger partial charge is 0.416 e. The summed E-state index contributed by atoms with van der Waals surface area (Å²) in [6, 6.07) is 7.22. The van der Waals surface area contributed by atoms with Gasteiger partial charge in [0.15, 0.2) is 5.96 Å². The number of nitrogens with zero attached hydrogens (tertiary/aromatic N) is 2. The van der Waals surface area contributed by atoms with E-state index in [-0.39, 0.29) is 6.54 Å². The van der Waals surface area contributed by atoms with Crippen LogP contribution in [0.15, 0.2) is 47.7 Å². The van der Waals surface area contributed by atoms with Crippen molar-refractivity contribution in [3.63, 3.8) is 0 Å². The van der Waals surface area contributed by atoms with Gasteiger partial charge in [0.05, 0.1) is 5.56 Å². The number of hydrogen-bond acceptors (Lipinski definition) is 2. The minimum atomic E-state index is -4.33. The van der Waals surface area contributed by atoms with E-state index in [9.17, 15) is 13.2 Å². The molecule has 0 atom stereocenters. The molecule has 2 aromatic rings. The van der Waals surface area contributed by atoms with Crippen LogP contribution in [0.2, 0.25) is 0 Å². The summed E-state index contributed by atoms with van der Waals surface area (Å²) in [5, 5.41) is 6.18. The van der Waals surface area contributed by atoms with Gasteiger partial charge in [-0.25, -0.2) is 0 Å². The van der Waals surface area contributed by atoms with Gasteiger partial charge in [-0.05, 0) is 48.2 Å². The summed E-state index contributed by atoms with van der Waals surface area (Å²) < 4.78 is 38.2. The molecule has 0 unspecified atom stereocenters. The fourth-order valence-electron chi connectivity index (χ4n) is 2.36. The molecule has 0 bridgehead atoms. The van der Waals surface area contributed by atoms with Crippen molar-refractivity contribution in [3.8, 4) is 0 Å². The summed E-state index contributed by atoms with van der Waals surface area (Å²) in [6.45, 7) is 2.92. The van der Waals surface area contributed by atoms with Crippen LogP contribution in [0.25, 0.3) is 0 Å². The number of halogens is 3. The first-order valence-electron chi connectivity index (χ1n) is 7.90. The second kappa shape index (κ2) is 8.50. The summed E-state index contributed by atoms with van der Waals surface area (Å²) in [6.07, 6.45) is 0.0377. The highest BCUT2D eigenvalue weighted by atomic mass is 19.4. The fraction of sp³-hybridized carbons (Fsp3) is 0.333. The van der Waals surface area contributed by atoms with Crippen LogP contribution in [0.5, 0.6) is 0 Å². The molecule has 0 spiro atoms. The smallest absolute Gasteiger partial charge is 0.356 e. The zero-order valence-corrected chi connectivity index (χ0v) is 14.2. The maximum absolute atomic E-state index is 12.7. The van der Waals surface area contributed by atoms with Crippen molar-refractivity contribution >= 4 is 5.96 Å². The number of benzene rings is 1. The second-order valence-electron chi connectivity index (χ2n) is 5.60. The number of nitrogens with one attached hydrogen (secondary N) is 2. The zero-order chi connectivity index (χ0) is 18.3. The van der Waals surface area contributed by atoms with Gasteiger partial charge in [-0.2, -0.15) is 13.2 Å². The Labute approximate surface area is 145 Å². The SMILES string of the molecule is CN=C(NCCc1ccncc1C)NCc1cccc(C(F)(F)F)c1. The Balaban J connectivity index is 1.86. The molecule has 134 valence electrons. The van der Waals surface area contributed by atoms with Crippen molar-refractivity contribution in [2.45, 2.75) is 26.1 Å². The molecular formula is C18H21F3N4. The van der Waals surface area contributed by atoms with Gasteiger partial charge in [0.2, 0.25) is 0 Å². The highest BCUT2D eigenvalue weighted by Gasteiger charge is 2.30. The Hall–Kier alpha value is -2.57. The molecule has 0 fully saturated rings. The summed E-state index contributed by atoms with van der Waals surface area (Å²) >= 11 is 0. The molecule has 1 heterocycles. The van der Waals surface area contributed by atoms with E-state index in [1.54, 1.807) is 19.3 Å². The second-order valence-corrected chi connectivity index (χ2v) is 5.60. The first kappa shape index (κ1) is 18.8. The number of aliphatic imine (C=N–C) groups is 1. The zero-order valence-electron chi connectivity index (χ0n) is 14.2. The van der Waals surface area contributed by atoms with Crippen molar-refractivity contribution in [2.75, 3.05) is 13.6 Å². The maximum atomic E-state index is 12.7. The molecule has 0 saturated carbocycles. The summed E-state index contributed by atoms with van der Waals surface area (Å²) in [5.74, 6) is 0.545. The topological polar surface area (TPSA) is 49.3 Å². The van der Waals surface area contributed by atoms with Crippen molar-refractivity contribution in [2.24, 2.45) is 4.99 Å². The van der Waals surface area contributed by atoms with Gasteiger partial charge in [-0.3, -0.25) is 9.98 Å². The quantitative estimate of drug-likeness (QED) is 0.642. The number of pyridine rings is 1. The van der Waals surface area contributed by atoms with Crippen LogP contribution in [-0.2, 0) is 19.1 Å². The number of aromatic nitrogens is 1. The van der Waals surface area contributed by atoms with Gasteiger partial charge in [0.1, 0.15) is 0 Å². The van der Waals surface area contributed by atoms with Gasteiger partial charge < -0.3 is 10.6 Å². The molecule has 1 aromatic carbocycles. The van der Waals surface area contributed by atoms with E-state index in [0.29, 0.717) is 18.1 Å².